The number of nitrogens with zero attached hydrogens (tertiary/aromatic N) is 1. The van der Waals surface area contributed by atoms with Crippen LogP contribution in [0.4, 0.5) is 4.79 Å². The van der Waals surface area contributed by atoms with E-state index in [4.69, 9.17) is 14.6 Å². The summed E-state index contributed by atoms with van der Waals surface area (Å²) >= 11 is 1.07. The maximum Gasteiger partial charge on any atom is 0.289 e. The molecule has 0 unspecified atom stereocenters. The van der Waals surface area contributed by atoms with Crippen LogP contribution in [0.5, 0.6) is 11.5 Å². The minimum absolute atomic E-state index is 0.0618. The summed E-state index contributed by atoms with van der Waals surface area (Å²) < 4.78 is 10.4. The second-order valence-electron chi connectivity index (χ2n) is 4.09. The second-order valence-corrected chi connectivity index (χ2v) is 5.11. The van der Waals surface area contributed by atoms with E-state index in [-0.39, 0.29) is 18.4 Å². The van der Waals surface area contributed by atoms with Gasteiger partial charge in [0.2, 0.25) is 0 Å². The highest BCUT2D eigenvalue weighted by Crippen LogP contribution is 2.31. The van der Waals surface area contributed by atoms with Gasteiger partial charge < -0.3 is 19.9 Å². The van der Waals surface area contributed by atoms with Gasteiger partial charge in [-0.25, -0.2) is 0 Å². The third-order valence-corrected chi connectivity index (χ3v) is 3.55. The molecule has 1 saturated heterocycles. The molecular formula is C14H16N2O4S. The van der Waals surface area contributed by atoms with E-state index in [2.05, 4.69) is 10.3 Å². The Morgan fingerprint density at radius 2 is 2.10 bits per heavy atom. The molecule has 2 rings (SSSR count). The quantitative estimate of drug-likeness (QED) is 0.868. The Labute approximate surface area is 126 Å². The molecule has 7 heteroatoms. The molecule has 6 nitrogen and oxygen atoms in total. The summed E-state index contributed by atoms with van der Waals surface area (Å²) in [6.07, 6.45) is 1.83. The summed E-state index contributed by atoms with van der Waals surface area (Å²) in [5.74, 6) is 1.74. The number of carbonyl (C=O) groups excluding carboxylic acids is 1. The van der Waals surface area contributed by atoms with Gasteiger partial charge in [0, 0.05) is 0 Å². The minimum atomic E-state index is -0.182. The molecule has 0 aromatic heterocycles. The van der Waals surface area contributed by atoms with Crippen molar-refractivity contribution >= 4 is 28.9 Å². The largest absolute Gasteiger partial charge is 0.493 e. The number of carbonyl (C=O) groups is 1. The summed E-state index contributed by atoms with van der Waals surface area (Å²) in [7, 11) is 3.14. The highest BCUT2D eigenvalue weighted by Gasteiger charge is 2.23. The lowest BCUT2D eigenvalue weighted by Crippen LogP contribution is -2.19. The third kappa shape index (κ3) is 3.77. The van der Waals surface area contributed by atoms with E-state index < -0.39 is 0 Å². The zero-order valence-corrected chi connectivity index (χ0v) is 12.6. The van der Waals surface area contributed by atoms with Gasteiger partial charge in [0.05, 0.1) is 32.3 Å². The van der Waals surface area contributed by atoms with E-state index in [1.807, 2.05) is 18.2 Å². The first-order valence-corrected chi connectivity index (χ1v) is 7.08. The summed E-state index contributed by atoms with van der Waals surface area (Å²) in [6.45, 7) is 0.188. The van der Waals surface area contributed by atoms with E-state index in [0.717, 1.165) is 17.3 Å². The van der Waals surface area contributed by atoms with Crippen LogP contribution in [0.1, 0.15) is 5.56 Å². The fourth-order valence-corrected chi connectivity index (χ4v) is 2.56. The van der Waals surface area contributed by atoms with Gasteiger partial charge in [-0.15, -0.1) is 0 Å². The van der Waals surface area contributed by atoms with Crippen LogP contribution < -0.4 is 14.8 Å². The van der Waals surface area contributed by atoms with Crippen molar-refractivity contribution in [2.75, 3.05) is 27.4 Å². The molecule has 1 aromatic carbocycles. The number of nitrogens with one attached hydrogen (secondary N) is 1. The fourth-order valence-electron chi connectivity index (χ4n) is 1.80. The number of hydrogen-bond donors (Lipinski definition) is 2. The lowest BCUT2D eigenvalue weighted by molar-refractivity contribution is 0.264. The van der Waals surface area contributed by atoms with E-state index in [9.17, 15) is 4.79 Å². The molecular weight excluding hydrogens is 292 g/mol. The number of ether oxygens (including phenoxy) is 2. The Morgan fingerprint density at radius 1 is 1.33 bits per heavy atom. The maximum atomic E-state index is 11.5. The Bertz CT molecular complexity index is 599. The van der Waals surface area contributed by atoms with Crippen LogP contribution in [-0.4, -0.2) is 43.6 Å². The van der Waals surface area contributed by atoms with Gasteiger partial charge >= 0.3 is 0 Å². The summed E-state index contributed by atoms with van der Waals surface area (Å²) in [4.78, 5) is 16.3. The first-order valence-electron chi connectivity index (χ1n) is 6.26. The Balaban J connectivity index is 2.31. The summed E-state index contributed by atoms with van der Waals surface area (Å²) in [6, 6.07) is 5.48. The van der Waals surface area contributed by atoms with Crippen LogP contribution in [0, 0.1) is 0 Å². The SMILES string of the molecule is COc1ccc(/C=C2/SC(=O)NC2=NCCO)cc1OC. The number of amides is 1. The molecule has 2 N–H and O–H groups in total. The molecule has 1 amide bonds. The van der Waals surface area contributed by atoms with E-state index >= 15 is 0 Å². The van der Waals surface area contributed by atoms with Gasteiger partial charge in [-0.05, 0) is 35.5 Å². The Kier molecular flexibility index (Phi) is 5.24. The molecule has 1 heterocycles. The number of amidine groups is 1. The molecule has 112 valence electrons. The fraction of sp³-hybridized carbons (Fsp3) is 0.286. The number of aliphatic imine (C=N–C) groups is 1. The molecule has 0 atom stereocenters. The normalized spacial score (nSPS) is 18.1. The average molecular weight is 308 g/mol. The molecule has 1 aliphatic heterocycles. The van der Waals surface area contributed by atoms with Crippen LogP contribution in [-0.2, 0) is 0 Å². The topological polar surface area (TPSA) is 80.2 Å². The first kappa shape index (κ1) is 15.4. The number of hydrogen-bond acceptors (Lipinski definition) is 6. The lowest BCUT2D eigenvalue weighted by Gasteiger charge is -2.08. The van der Waals surface area contributed by atoms with Crippen LogP contribution >= 0.6 is 11.8 Å². The molecule has 0 spiro atoms. The average Bonchev–Trinajstić information content (AvgIpc) is 2.84. The lowest BCUT2D eigenvalue weighted by atomic mass is 10.2. The van der Waals surface area contributed by atoms with Crippen LogP contribution in [0.25, 0.3) is 6.08 Å². The summed E-state index contributed by atoms with van der Waals surface area (Å²) in [5.41, 5.74) is 0.864. The molecule has 0 radical (unpaired) electrons. The van der Waals surface area contributed by atoms with Crippen molar-refractivity contribution in [3.05, 3.63) is 28.7 Å². The van der Waals surface area contributed by atoms with Crippen molar-refractivity contribution < 1.29 is 19.4 Å². The number of methoxy groups -OCH3 is 2. The first-order chi connectivity index (χ1) is 10.2. The monoisotopic (exact) mass is 308 g/mol. The van der Waals surface area contributed by atoms with Gasteiger partial charge in [-0.2, -0.15) is 0 Å². The smallest absolute Gasteiger partial charge is 0.289 e. The molecule has 0 bridgehead atoms. The van der Waals surface area contributed by atoms with E-state index in [1.165, 1.54) is 0 Å². The highest BCUT2D eigenvalue weighted by molar-refractivity contribution is 8.18. The minimum Gasteiger partial charge on any atom is -0.493 e. The van der Waals surface area contributed by atoms with E-state index in [0.29, 0.717) is 22.2 Å². The van der Waals surface area contributed by atoms with Crippen molar-refractivity contribution in [3.63, 3.8) is 0 Å². The molecule has 1 aliphatic rings. The zero-order valence-electron chi connectivity index (χ0n) is 11.8. The number of benzene rings is 1. The van der Waals surface area contributed by atoms with Gasteiger partial charge in [0.1, 0.15) is 5.84 Å². The van der Waals surface area contributed by atoms with Gasteiger partial charge in [0.25, 0.3) is 5.24 Å². The van der Waals surface area contributed by atoms with Gasteiger partial charge in [-0.1, -0.05) is 6.07 Å². The molecule has 1 fully saturated rings. The van der Waals surface area contributed by atoms with Crippen molar-refractivity contribution in [2.45, 2.75) is 0 Å². The molecule has 0 aliphatic carbocycles. The van der Waals surface area contributed by atoms with Crippen LogP contribution in [0.2, 0.25) is 0 Å². The second kappa shape index (κ2) is 7.14. The van der Waals surface area contributed by atoms with Crippen molar-refractivity contribution in [1.82, 2.24) is 5.32 Å². The molecule has 21 heavy (non-hydrogen) atoms. The zero-order chi connectivity index (χ0) is 15.2. The highest BCUT2D eigenvalue weighted by atomic mass is 32.2. The Morgan fingerprint density at radius 3 is 2.76 bits per heavy atom. The Hall–Kier alpha value is -1.99. The third-order valence-electron chi connectivity index (χ3n) is 2.73. The molecule has 0 saturated carbocycles. The standard InChI is InChI=1S/C14H16N2O4S/c1-19-10-4-3-9(7-11(10)20-2)8-12-13(15-5-6-17)16-14(18)21-12/h3-4,7-8,17H,5-6H2,1-2H3,(H,15,16,18)/b12-8+. The predicted octanol–water partition coefficient (Wildman–Crippen LogP) is 1.89. The number of thioether (sulfide) groups is 1. The number of aliphatic hydroxyl groups is 1. The van der Waals surface area contributed by atoms with Crippen molar-refractivity contribution in [2.24, 2.45) is 4.99 Å². The van der Waals surface area contributed by atoms with Gasteiger partial charge in [0.15, 0.2) is 11.5 Å². The van der Waals surface area contributed by atoms with Crippen LogP contribution in [0.15, 0.2) is 28.1 Å². The van der Waals surface area contributed by atoms with Gasteiger partial charge in [-0.3, -0.25) is 9.79 Å². The number of rotatable bonds is 5. The maximum absolute atomic E-state index is 11.5. The molecule has 1 aromatic rings. The summed E-state index contributed by atoms with van der Waals surface area (Å²) in [5, 5.41) is 11.3. The van der Waals surface area contributed by atoms with E-state index in [1.54, 1.807) is 20.3 Å². The van der Waals surface area contributed by atoms with Crippen molar-refractivity contribution in [3.8, 4) is 11.5 Å². The predicted molar refractivity (Wildman–Crippen MR) is 83.0 cm³/mol. The van der Waals surface area contributed by atoms with Crippen LogP contribution in [0.3, 0.4) is 0 Å². The van der Waals surface area contributed by atoms with Crippen molar-refractivity contribution in [1.29, 1.82) is 0 Å². The number of aliphatic hydroxyl groups excluding tert-OH is 1.